The topological polar surface area (TPSA) is 65.9 Å². The molecule has 2 aliphatic rings. The second-order valence-electron chi connectivity index (χ2n) is 9.67. The third kappa shape index (κ3) is 4.81. The Balaban J connectivity index is 1.32. The number of carbonyl (C=O) groups is 3. The van der Waals surface area contributed by atoms with Crippen molar-refractivity contribution in [1.82, 2.24) is 14.4 Å². The highest BCUT2D eigenvalue weighted by molar-refractivity contribution is 8.18. The number of benzene rings is 2. The van der Waals surface area contributed by atoms with E-state index in [1.165, 1.54) is 5.56 Å². The number of hydrogen-bond donors (Lipinski definition) is 0. The lowest BCUT2D eigenvalue weighted by Crippen LogP contribution is -2.44. The van der Waals surface area contributed by atoms with Gasteiger partial charge in [0.2, 0.25) is 5.91 Å². The molecule has 0 N–H and O–H groups in total. The molecule has 3 heterocycles. The Morgan fingerprint density at radius 1 is 1.03 bits per heavy atom. The number of nitrogens with zero attached hydrogens (tertiary/aromatic N) is 4. The van der Waals surface area contributed by atoms with E-state index in [2.05, 4.69) is 39.8 Å². The second-order valence-corrected chi connectivity index (χ2v) is 10.7. The van der Waals surface area contributed by atoms with Crippen LogP contribution in [-0.4, -0.2) is 58.6 Å². The fourth-order valence-corrected chi connectivity index (χ4v) is 5.78. The molecule has 0 unspecified atom stereocenters. The number of aromatic nitrogens is 1. The molecule has 0 bridgehead atoms. The van der Waals surface area contributed by atoms with Gasteiger partial charge in [-0.15, -0.1) is 0 Å². The van der Waals surface area contributed by atoms with Crippen LogP contribution in [-0.2, 0) is 22.6 Å². The van der Waals surface area contributed by atoms with Crippen LogP contribution >= 0.6 is 11.8 Å². The zero-order chi connectivity index (χ0) is 26.3. The van der Waals surface area contributed by atoms with Gasteiger partial charge in [-0.2, -0.15) is 0 Å². The summed E-state index contributed by atoms with van der Waals surface area (Å²) in [6, 6.07) is 18.3. The van der Waals surface area contributed by atoms with Crippen LogP contribution in [0.1, 0.15) is 28.1 Å². The van der Waals surface area contributed by atoms with E-state index < -0.39 is 11.1 Å². The number of fused-ring (bicyclic) bond motifs is 1. The van der Waals surface area contributed by atoms with Crippen LogP contribution in [0.15, 0.2) is 59.5 Å². The van der Waals surface area contributed by atoms with E-state index in [0.29, 0.717) is 18.0 Å². The smallest absolute Gasteiger partial charge is 0.294 e. The highest BCUT2D eigenvalue weighted by Gasteiger charge is 2.37. The first-order chi connectivity index (χ1) is 17.7. The third-order valence-corrected chi connectivity index (χ3v) is 7.94. The molecule has 1 aromatic heterocycles. The van der Waals surface area contributed by atoms with E-state index in [1.54, 1.807) is 11.0 Å². The summed E-state index contributed by atoms with van der Waals surface area (Å²) in [4.78, 5) is 44.0. The molecule has 0 atom stereocenters. The van der Waals surface area contributed by atoms with Crippen molar-refractivity contribution in [2.24, 2.45) is 0 Å². The largest absolute Gasteiger partial charge is 0.378 e. The number of thioether (sulfide) groups is 1. The highest BCUT2D eigenvalue weighted by Crippen LogP contribution is 2.34. The van der Waals surface area contributed by atoms with Crippen LogP contribution in [0, 0.1) is 13.8 Å². The highest BCUT2D eigenvalue weighted by atomic mass is 32.2. The van der Waals surface area contributed by atoms with Crippen molar-refractivity contribution in [2.75, 3.05) is 32.1 Å². The maximum absolute atomic E-state index is 13.1. The van der Waals surface area contributed by atoms with E-state index in [-0.39, 0.29) is 12.5 Å². The van der Waals surface area contributed by atoms with Gasteiger partial charge in [0.25, 0.3) is 11.1 Å². The SMILES string of the molecule is Cc1cc(/C=C2\SC(=O)N(CC(=O)N3CCc4ccccc4C3)C2=O)c(C)n1-c1ccc(N(C)C)cc1. The molecule has 1 fully saturated rings. The predicted octanol–water partition coefficient (Wildman–Crippen LogP) is 4.78. The van der Waals surface area contributed by atoms with Crippen LogP contribution in [0.25, 0.3) is 11.8 Å². The fraction of sp³-hybridized carbons (Fsp3) is 0.276. The Kier molecular flexibility index (Phi) is 6.69. The van der Waals surface area contributed by atoms with Crippen molar-refractivity contribution < 1.29 is 14.4 Å². The summed E-state index contributed by atoms with van der Waals surface area (Å²) in [7, 11) is 4.01. The Bertz CT molecular complexity index is 1420. The van der Waals surface area contributed by atoms with Gasteiger partial charge in [0.1, 0.15) is 6.54 Å². The van der Waals surface area contributed by atoms with Crippen LogP contribution in [0.5, 0.6) is 0 Å². The molecular weight excluding hydrogens is 484 g/mol. The van der Waals surface area contributed by atoms with Gasteiger partial charge in [-0.3, -0.25) is 19.3 Å². The molecule has 7 nitrogen and oxygen atoms in total. The molecule has 5 rings (SSSR count). The minimum absolute atomic E-state index is 0.211. The summed E-state index contributed by atoms with van der Waals surface area (Å²) >= 11 is 0.892. The van der Waals surface area contributed by atoms with E-state index >= 15 is 0 Å². The van der Waals surface area contributed by atoms with Crippen molar-refractivity contribution in [2.45, 2.75) is 26.8 Å². The maximum atomic E-state index is 13.1. The van der Waals surface area contributed by atoms with Gasteiger partial charge in [-0.05, 0) is 85.1 Å². The molecule has 0 spiro atoms. The summed E-state index contributed by atoms with van der Waals surface area (Å²) in [5.74, 6) is -0.627. The van der Waals surface area contributed by atoms with Crippen molar-refractivity contribution in [3.8, 4) is 5.69 Å². The fourth-order valence-electron chi connectivity index (χ4n) is 4.95. The van der Waals surface area contributed by atoms with Gasteiger partial charge < -0.3 is 14.4 Å². The molecule has 1 saturated heterocycles. The number of aryl methyl sites for hydroxylation is 1. The normalized spacial score (nSPS) is 16.5. The standard InChI is InChI=1S/C29H30N4O3S/c1-19-15-23(20(2)33(19)25-11-9-24(10-12-25)30(3)4)16-26-28(35)32(29(36)37-26)18-27(34)31-14-13-21-7-5-6-8-22(21)17-31/h5-12,15-16H,13-14,17-18H2,1-4H3/b26-16-. The summed E-state index contributed by atoms with van der Waals surface area (Å²) in [5.41, 5.74) is 7.38. The molecule has 8 heteroatoms. The molecule has 0 radical (unpaired) electrons. The molecule has 0 aliphatic carbocycles. The molecule has 190 valence electrons. The number of carbonyl (C=O) groups excluding carboxylic acids is 3. The lowest BCUT2D eigenvalue weighted by atomic mass is 10.00. The maximum Gasteiger partial charge on any atom is 0.294 e. The van der Waals surface area contributed by atoms with E-state index in [4.69, 9.17) is 0 Å². The summed E-state index contributed by atoms with van der Waals surface area (Å²) in [6.07, 6.45) is 2.54. The van der Waals surface area contributed by atoms with Gasteiger partial charge in [0, 0.05) is 49.9 Å². The zero-order valence-corrected chi connectivity index (χ0v) is 22.3. The Labute approximate surface area is 221 Å². The van der Waals surface area contributed by atoms with Crippen molar-refractivity contribution in [3.63, 3.8) is 0 Å². The average molecular weight is 515 g/mol. The monoisotopic (exact) mass is 514 g/mol. The first-order valence-electron chi connectivity index (χ1n) is 12.3. The van der Waals surface area contributed by atoms with Gasteiger partial charge in [0.15, 0.2) is 0 Å². The number of anilines is 1. The quantitative estimate of drug-likeness (QED) is 0.459. The van der Waals surface area contributed by atoms with Crippen LogP contribution < -0.4 is 4.90 Å². The molecule has 2 aliphatic heterocycles. The zero-order valence-electron chi connectivity index (χ0n) is 21.5. The van der Waals surface area contributed by atoms with Crippen LogP contribution in [0.2, 0.25) is 0 Å². The van der Waals surface area contributed by atoms with Crippen molar-refractivity contribution >= 4 is 40.6 Å². The lowest BCUT2D eigenvalue weighted by Gasteiger charge is -2.29. The molecule has 37 heavy (non-hydrogen) atoms. The van der Waals surface area contributed by atoms with Crippen molar-refractivity contribution in [3.05, 3.63) is 87.6 Å². The Morgan fingerprint density at radius 2 is 1.73 bits per heavy atom. The van der Waals surface area contributed by atoms with Crippen molar-refractivity contribution in [1.29, 1.82) is 0 Å². The third-order valence-electron chi connectivity index (χ3n) is 7.03. The van der Waals surface area contributed by atoms with Gasteiger partial charge >= 0.3 is 0 Å². The lowest BCUT2D eigenvalue weighted by molar-refractivity contribution is -0.136. The number of rotatable bonds is 5. The molecular formula is C29H30N4O3S. The summed E-state index contributed by atoms with van der Waals surface area (Å²) < 4.78 is 2.13. The number of hydrogen-bond acceptors (Lipinski definition) is 5. The Morgan fingerprint density at radius 3 is 2.43 bits per heavy atom. The summed E-state index contributed by atoms with van der Waals surface area (Å²) in [6.45, 7) is 4.87. The molecule has 3 amide bonds. The molecule has 2 aromatic carbocycles. The minimum Gasteiger partial charge on any atom is -0.378 e. The number of amides is 3. The summed E-state index contributed by atoms with van der Waals surface area (Å²) in [5, 5.41) is -0.407. The van der Waals surface area contributed by atoms with E-state index in [0.717, 1.165) is 57.0 Å². The molecule has 3 aromatic rings. The van der Waals surface area contributed by atoms with Crippen LogP contribution in [0.3, 0.4) is 0 Å². The first-order valence-corrected chi connectivity index (χ1v) is 13.1. The number of imide groups is 1. The predicted molar refractivity (Wildman–Crippen MR) is 148 cm³/mol. The average Bonchev–Trinajstić information content (AvgIpc) is 3.32. The van der Waals surface area contributed by atoms with Gasteiger partial charge in [-0.25, -0.2) is 0 Å². The first kappa shape index (κ1) is 24.9. The van der Waals surface area contributed by atoms with E-state index in [1.807, 2.05) is 52.2 Å². The molecule has 0 saturated carbocycles. The Hall–Kier alpha value is -3.78. The second kappa shape index (κ2) is 9.94. The van der Waals surface area contributed by atoms with Crippen LogP contribution in [0.4, 0.5) is 10.5 Å². The van der Waals surface area contributed by atoms with E-state index in [9.17, 15) is 14.4 Å². The van der Waals surface area contributed by atoms with Gasteiger partial charge in [0.05, 0.1) is 4.91 Å². The minimum atomic E-state index is -0.416. The van der Waals surface area contributed by atoms with Gasteiger partial charge in [-0.1, -0.05) is 24.3 Å².